The molecule has 3 rings (SSSR count). The van der Waals surface area contributed by atoms with Gasteiger partial charge in [-0.3, -0.25) is 14.9 Å². The predicted molar refractivity (Wildman–Crippen MR) is 95.8 cm³/mol. The molecular weight excluding hydrogens is 364 g/mol. The molecule has 0 bridgehead atoms. The SMILES string of the molecule is COC(=O)c1c(NC(=O)c2ccc([N+](=O)[O-])s2)sc2c1CCCCC2. The van der Waals surface area contributed by atoms with Gasteiger partial charge in [0.25, 0.3) is 5.91 Å². The molecule has 2 aromatic rings. The number of methoxy groups -OCH3 is 1. The summed E-state index contributed by atoms with van der Waals surface area (Å²) in [6.07, 6.45) is 4.83. The van der Waals surface area contributed by atoms with Crippen molar-refractivity contribution in [3.8, 4) is 0 Å². The van der Waals surface area contributed by atoms with Gasteiger partial charge in [0.1, 0.15) is 5.00 Å². The van der Waals surface area contributed by atoms with Gasteiger partial charge in [-0.25, -0.2) is 4.79 Å². The Morgan fingerprint density at radius 2 is 1.96 bits per heavy atom. The lowest BCUT2D eigenvalue weighted by Gasteiger charge is -2.06. The molecule has 2 heterocycles. The molecule has 0 radical (unpaired) electrons. The number of aryl methyl sites for hydroxylation is 1. The van der Waals surface area contributed by atoms with Gasteiger partial charge in [-0.2, -0.15) is 0 Å². The maximum Gasteiger partial charge on any atom is 0.341 e. The lowest BCUT2D eigenvalue weighted by molar-refractivity contribution is -0.380. The van der Waals surface area contributed by atoms with E-state index in [1.807, 2.05) is 0 Å². The fourth-order valence-corrected chi connectivity index (χ4v) is 4.85. The molecule has 2 aromatic heterocycles. The number of fused-ring (bicyclic) bond motifs is 1. The van der Waals surface area contributed by atoms with Crippen molar-refractivity contribution in [1.82, 2.24) is 0 Å². The smallest absolute Gasteiger partial charge is 0.341 e. The third kappa shape index (κ3) is 3.57. The predicted octanol–water partition coefficient (Wildman–Crippen LogP) is 4.03. The second-order valence-electron chi connectivity index (χ2n) is 5.61. The first-order valence-corrected chi connectivity index (χ1v) is 9.43. The number of ether oxygens (including phenoxy) is 1. The Morgan fingerprint density at radius 3 is 2.64 bits per heavy atom. The number of thiophene rings is 2. The highest BCUT2D eigenvalue weighted by Crippen LogP contribution is 2.38. The Kier molecular flexibility index (Phi) is 5.14. The van der Waals surface area contributed by atoms with E-state index in [0.29, 0.717) is 10.6 Å². The lowest BCUT2D eigenvalue weighted by Crippen LogP contribution is -2.13. The number of carbonyl (C=O) groups excluding carboxylic acids is 2. The lowest BCUT2D eigenvalue weighted by atomic mass is 10.1. The molecule has 25 heavy (non-hydrogen) atoms. The van der Waals surface area contributed by atoms with E-state index < -0.39 is 16.8 Å². The number of hydrogen-bond acceptors (Lipinski definition) is 7. The van der Waals surface area contributed by atoms with Gasteiger partial charge in [-0.05, 0) is 37.3 Å². The van der Waals surface area contributed by atoms with Crippen molar-refractivity contribution >= 4 is 44.6 Å². The Hall–Kier alpha value is -2.26. The van der Waals surface area contributed by atoms with Gasteiger partial charge in [0.05, 0.1) is 22.5 Å². The quantitative estimate of drug-likeness (QED) is 0.374. The molecule has 0 aromatic carbocycles. The molecule has 0 atom stereocenters. The van der Waals surface area contributed by atoms with E-state index in [9.17, 15) is 19.7 Å². The van der Waals surface area contributed by atoms with Crippen LogP contribution in [0.2, 0.25) is 0 Å². The van der Waals surface area contributed by atoms with Crippen LogP contribution in [-0.2, 0) is 17.6 Å². The van der Waals surface area contributed by atoms with Crippen molar-refractivity contribution in [3.05, 3.63) is 43.1 Å². The van der Waals surface area contributed by atoms with Crippen LogP contribution in [0.4, 0.5) is 10.0 Å². The van der Waals surface area contributed by atoms with E-state index in [1.54, 1.807) is 0 Å². The van der Waals surface area contributed by atoms with Crippen molar-refractivity contribution in [1.29, 1.82) is 0 Å². The summed E-state index contributed by atoms with van der Waals surface area (Å²) < 4.78 is 4.89. The third-order valence-electron chi connectivity index (χ3n) is 4.03. The fraction of sp³-hybridized carbons (Fsp3) is 0.375. The number of anilines is 1. The van der Waals surface area contributed by atoms with E-state index in [0.717, 1.165) is 53.9 Å². The summed E-state index contributed by atoms with van der Waals surface area (Å²) in [4.78, 5) is 36.2. The van der Waals surface area contributed by atoms with Gasteiger partial charge in [0, 0.05) is 10.9 Å². The van der Waals surface area contributed by atoms with Crippen LogP contribution in [0.3, 0.4) is 0 Å². The summed E-state index contributed by atoms with van der Waals surface area (Å²) in [6, 6.07) is 2.71. The van der Waals surface area contributed by atoms with Crippen molar-refractivity contribution in [2.45, 2.75) is 32.1 Å². The van der Waals surface area contributed by atoms with Gasteiger partial charge >= 0.3 is 11.0 Å². The highest BCUT2D eigenvalue weighted by molar-refractivity contribution is 7.18. The first kappa shape index (κ1) is 17.6. The van der Waals surface area contributed by atoms with Crippen molar-refractivity contribution in [2.75, 3.05) is 12.4 Å². The second-order valence-corrected chi connectivity index (χ2v) is 7.78. The zero-order valence-electron chi connectivity index (χ0n) is 13.5. The van der Waals surface area contributed by atoms with Crippen molar-refractivity contribution in [2.24, 2.45) is 0 Å². The zero-order chi connectivity index (χ0) is 18.0. The Bertz CT molecular complexity index is 840. The minimum atomic E-state index is -0.533. The molecule has 1 N–H and O–H groups in total. The van der Waals surface area contributed by atoms with Gasteiger partial charge in [0.2, 0.25) is 0 Å². The summed E-state index contributed by atoms with van der Waals surface area (Å²) in [5.41, 5.74) is 1.38. The van der Waals surface area contributed by atoms with Crippen LogP contribution in [0.25, 0.3) is 0 Å². The number of amides is 1. The van der Waals surface area contributed by atoms with Crippen LogP contribution >= 0.6 is 22.7 Å². The van der Waals surface area contributed by atoms with Gasteiger partial charge in [-0.15, -0.1) is 11.3 Å². The molecule has 7 nitrogen and oxygen atoms in total. The number of rotatable bonds is 4. The summed E-state index contributed by atoms with van der Waals surface area (Å²) in [7, 11) is 1.32. The Balaban J connectivity index is 1.92. The summed E-state index contributed by atoms with van der Waals surface area (Å²) in [6.45, 7) is 0. The number of hydrogen-bond donors (Lipinski definition) is 1. The normalized spacial score (nSPS) is 13.6. The third-order valence-corrected chi connectivity index (χ3v) is 6.28. The topological polar surface area (TPSA) is 98.5 Å². The second kappa shape index (κ2) is 7.32. The van der Waals surface area contributed by atoms with Crippen LogP contribution in [0, 0.1) is 10.1 Å². The molecule has 0 spiro atoms. The van der Waals surface area contributed by atoms with Gasteiger partial charge < -0.3 is 10.1 Å². The molecule has 9 heteroatoms. The molecule has 0 aliphatic heterocycles. The molecular formula is C16H16N2O5S2. The number of esters is 1. The van der Waals surface area contributed by atoms with E-state index in [4.69, 9.17) is 4.74 Å². The van der Waals surface area contributed by atoms with E-state index in [1.165, 1.54) is 30.6 Å². The largest absolute Gasteiger partial charge is 0.465 e. The van der Waals surface area contributed by atoms with Crippen molar-refractivity contribution < 1.29 is 19.2 Å². The number of nitro groups is 1. The summed E-state index contributed by atoms with van der Waals surface area (Å²) >= 11 is 2.20. The molecule has 0 saturated carbocycles. The first-order valence-electron chi connectivity index (χ1n) is 7.79. The molecule has 1 amide bonds. The summed E-state index contributed by atoms with van der Waals surface area (Å²) in [5.74, 6) is -0.925. The molecule has 0 fully saturated rings. The van der Waals surface area contributed by atoms with Gasteiger partial charge in [-0.1, -0.05) is 17.8 Å². The van der Waals surface area contributed by atoms with Crippen LogP contribution in [0.1, 0.15) is 49.7 Å². The monoisotopic (exact) mass is 380 g/mol. The molecule has 0 unspecified atom stereocenters. The highest BCUT2D eigenvalue weighted by atomic mass is 32.1. The molecule has 1 aliphatic carbocycles. The van der Waals surface area contributed by atoms with Crippen molar-refractivity contribution in [3.63, 3.8) is 0 Å². The summed E-state index contributed by atoms with van der Waals surface area (Å²) in [5, 5.41) is 13.9. The zero-order valence-corrected chi connectivity index (χ0v) is 15.1. The van der Waals surface area contributed by atoms with Crippen LogP contribution in [-0.4, -0.2) is 23.9 Å². The van der Waals surface area contributed by atoms with Crippen LogP contribution in [0.5, 0.6) is 0 Å². The minimum Gasteiger partial charge on any atom is -0.465 e. The van der Waals surface area contributed by atoms with E-state index >= 15 is 0 Å². The van der Waals surface area contributed by atoms with E-state index in [-0.39, 0.29) is 9.88 Å². The van der Waals surface area contributed by atoms with Crippen LogP contribution in [0.15, 0.2) is 12.1 Å². The molecule has 1 aliphatic rings. The minimum absolute atomic E-state index is 0.0969. The first-order chi connectivity index (χ1) is 12.0. The average Bonchev–Trinajstić information content (AvgIpc) is 3.14. The maximum atomic E-state index is 12.4. The number of nitrogens with one attached hydrogen (secondary N) is 1. The Labute approximate surface area is 151 Å². The number of carbonyl (C=O) groups is 2. The molecule has 132 valence electrons. The number of nitrogens with zero attached hydrogens (tertiary/aromatic N) is 1. The molecule has 0 saturated heterocycles. The fourth-order valence-electron chi connectivity index (χ4n) is 2.86. The standard InChI is InChI=1S/C16H16N2O5S2/c1-23-16(20)13-9-5-3-2-4-6-10(9)25-15(13)17-14(19)11-7-8-12(24-11)18(21)22/h7-8H,2-6H2,1H3,(H,17,19). The average molecular weight is 380 g/mol. The van der Waals surface area contributed by atoms with E-state index in [2.05, 4.69) is 5.32 Å². The Morgan fingerprint density at radius 1 is 1.20 bits per heavy atom. The van der Waals surface area contributed by atoms with Crippen LogP contribution < -0.4 is 5.32 Å². The highest BCUT2D eigenvalue weighted by Gasteiger charge is 2.27. The van der Waals surface area contributed by atoms with Gasteiger partial charge in [0.15, 0.2) is 0 Å². The maximum absolute atomic E-state index is 12.4.